The summed E-state index contributed by atoms with van der Waals surface area (Å²) in [7, 11) is 0. The molecule has 5 nitrogen and oxygen atoms in total. The van der Waals surface area contributed by atoms with Crippen molar-refractivity contribution in [2.75, 3.05) is 11.1 Å². The van der Waals surface area contributed by atoms with E-state index in [-0.39, 0.29) is 5.91 Å². The highest BCUT2D eigenvalue weighted by molar-refractivity contribution is 7.15. The molecule has 0 unspecified atom stereocenters. The number of para-hydroxylation sites is 1. The Morgan fingerprint density at radius 2 is 2.20 bits per heavy atom. The molecular weight excluding hydrogens is 272 g/mol. The molecule has 102 valence electrons. The number of carbonyl (C=O) groups is 1. The Kier molecular flexibility index (Phi) is 2.94. The van der Waals surface area contributed by atoms with Crippen molar-refractivity contribution in [3.63, 3.8) is 0 Å². The van der Waals surface area contributed by atoms with Gasteiger partial charge >= 0.3 is 0 Å². The molecule has 0 aliphatic carbocycles. The number of hydrogen-bond donors (Lipinski definition) is 3. The number of hydrogen-bond acceptors (Lipinski definition) is 4. The molecule has 0 aliphatic rings. The Hall–Kier alpha value is -2.34. The summed E-state index contributed by atoms with van der Waals surface area (Å²) < 4.78 is 0. The number of thiazole rings is 1. The van der Waals surface area contributed by atoms with Gasteiger partial charge in [0, 0.05) is 10.3 Å². The van der Waals surface area contributed by atoms with E-state index in [1.165, 1.54) is 11.3 Å². The first-order chi connectivity index (χ1) is 9.54. The number of rotatable bonds is 2. The number of carbonyl (C=O) groups excluding carboxylic acids is 1. The minimum Gasteiger partial charge on any atom is -0.397 e. The smallest absolute Gasteiger partial charge is 0.273 e. The van der Waals surface area contributed by atoms with Gasteiger partial charge in [-0.15, -0.1) is 11.3 Å². The van der Waals surface area contributed by atoms with Crippen LogP contribution in [0.1, 0.15) is 21.1 Å². The average molecular weight is 286 g/mol. The van der Waals surface area contributed by atoms with Crippen LogP contribution in [0.2, 0.25) is 0 Å². The van der Waals surface area contributed by atoms with Crippen LogP contribution in [0, 0.1) is 13.8 Å². The van der Waals surface area contributed by atoms with Crippen molar-refractivity contribution >= 4 is 39.0 Å². The highest BCUT2D eigenvalue weighted by Crippen LogP contribution is 2.24. The van der Waals surface area contributed by atoms with Crippen molar-refractivity contribution in [3.05, 3.63) is 40.5 Å². The third-order valence-electron chi connectivity index (χ3n) is 3.18. The van der Waals surface area contributed by atoms with Crippen LogP contribution in [0.25, 0.3) is 10.9 Å². The van der Waals surface area contributed by atoms with Gasteiger partial charge in [0.15, 0.2) is 5.13 Å². The molecule has 2 aromatic heterocycles. The topological polar surface area (TPSA) is 83.8 Å². The standard InChI is InChI=1S/C14H14N4OS/c1-7-8(2)20-14(16-7)18-13(19)11-6-9-4-3-5-10(15)12(9)17-11/h3-6,17H,15H2,1-2H3,(H,16,18,19). The SMILES string of the molecule is Cc1nc(NC(=O)c2cc3cccc(N)c3[nH]2)sc1C. The van der Waals surface area contributed by atoms with Gasteiger partial charge in [-0.25, -0.2) is 4.98 Å². The molecule has 0 saturated carbocycles. The number of aromatic nitrogens is 2. The van der Waals surface area contributed by atoms with Crippen molar-refractivity contribution in [3.8, 4) is 0 Å². The Labute approximate surface area is 119 Å². The number of nitrogen functional groups attached to an aromatic ring is 1. The Morgan fingerprint density at radius 1 is 1.40 bits per heavy atom. The van der Waals surface area contributed by atoms with Gasteiger partial charge in [-0.05, 0) is 26.0 Å². The summed E-state index contributed by atoms with van der Waals surface area (Å²) in [5.74, 6) is -0.214. The van der Waals surface area contributed by atoms with E-state index in [0.717, 1.165) is 21.5 Å². The lowest BCUT2D eigenvalue weighted by Crippen LogP contribution is -2.11. The quantitative estimate of drug-likeness (QED) is 0.633. The average Bonchev–Trinajstić information content (AvgIpc) is 2.95. The number of benzene rings is 1. The van der Waals surface area contributed by atoms with Crippen LogP contribution in [-0.4, -0.2) is 15.9 Å². The first kappa shape index (κ1) is 12.7. The van der Waals surface area contributed by atoms with Crippen molar-refractivity contribution in [2.45, 2.75) is 13.8 Å². The summed E-state index contributed by atoms with van der Waals surface area (Å²) in [6, 6.07) is 7.36. The van der Waals surface area contributed by atoms with Gasteiger partial charge in [-0.1, -0.05) is 12.1 Å². The molecule has 0 aliphatic heterocycles. The maximum Gasteiger partial charge on any atom is 0.273 e. The van der Waals surface area contributed by atoms with Crippen molar-refractivity contribution in [1.82, 2.24) is 9.97 Å². The molecular formula is C14H14N4OS. The van der Waals surface area contributed by atoms with Gasteiger partial charge in [0.05, 0.1) is 16.9 Å². The third-order valence-corrected chi connectivity index (χ3v) is 4.17. The van der Waals surface area contributed by atoms with Gasteiger partial charge in [-0.3, -0.25) is 10.1 Å². The molecule has 4 N–H and O–H groups in total. The zero-order valence-electron chi connectivity index (χ0n) is 11.2. The summed E-state index contributed by atoms with van der Waals surface area (Å²) in [6.45, 7) is 3.90. The van der Waals surface area contributed by atoms with E-state index in [4.69, 9.17) is 5.73 Å². The van der Waals surface area contributed by atoms with E-state index in [0.29, 0.717) is 16.5 Å². The van der Waals surface area contributed by atoms with Crippen LogP contribution < -0.4 is 11.1 Å². The van der Waals surface area contributed by atoms with E-state index in [9.17, 15) is 4.79 Å². The second-order valence-electron chi connectivity index (χ2n) is 4.61. The molecule has 0 radical (unpaired) electrons. The fourth-order valence-electron chi connectivity index (χ4n) is 1.99. The number of H-pyrrole nitrogens is 1. The van der Waals surface area contributed by atoms with Crippen LogP contribution in [0.5, 0.6) is 0 Å². The van der Waals surface area contributed by atoms with E-state index in [1.54, 1.807) is 12.1 Å². The van der Waals surface area contributed by atoms with E-state index >= 15 is 0 Å². The largest absolute Gasteiger partial charge is 0.397 e. The third kappa shape index (κ3) is 2.14. The molecule has 3 rings (SSSR count). The minimum atomic E-state index is -0.214. The Balaban J connectivity index is 1.90. The van der Waals surface area contributed by atoms with Crippen molar-refractivity contribution < 1.29 is 4.79 Å². The fourth-order valence-corrected chi connectivity index (χ4v) is 2.80. The maximum absolute atomic E-state index is 12.2. The van der Waals surface area contributed by atoms with Crippen molar-refractivity contribution in [2.24, 2.45) is 0 Å². The fraction of sp³-hybridized carbons (Fsp3) is 0.143. The van der Waals surface area contributed by atoms with Crippen molar-refractivity contribution in [1.29, 1.82) is 0 Å². The predicted molar refractivity (Wildman–Crippen MR) is 82.3 cm³/mol. The molecule has 0 atom stereocenters. The molecule has 1 amide bonds. The summed E-state index contributed by atoms with van der Waals surface area (Å²) >= 11 is 1.47. The minimum absolute atomic E-state index is 0.214. The van der Waals surface area contributed by atoms with Crippen LogP contribution in [0.4, 0.5) is 10.8 Å². The van der Waals surface area contributed by atoms with E-state index in [2.05, 4.69) is 15.3 Å². The number of nitrogens with one attached hydrogen (secondary N) is 2. The predicted octanol–water partition coefficient (Wildman–Crippen LogP) is 3.08. The number of nitrogens with two attached hydrogens (primary N) is 1. The molecule has 6 heteroatoms. The number of nitrogens with zero attached hydrogens (tertiary/aromatic N) is 1. The second kappa shape index (κ2) is 4.64. The molecule has 1 aromatic carbocycles. The Morgan fingerprint density at radius 3 is 2.85 bits per heavy atom. The highest BCUT2D eigenvalue weighted by Gasteiger charge is 2.13. The Bertz CT molecular complexity index is 783. The normalized spacial score (nSPS) is 10.9. The van der Waals surface area contributed by atoms with Crippen LogP contribution in [-0.2, 0) is 0 Å². The molecule has 0 bridgehead atoms. The number of aryl methyl sites for hydroxylation is 2. The van der Waals surface area contributed by atoms with Gasteiger partial charge in [0.25, 0.3) is 5.91 Å². The first-order valence-corrected chi connectivity index (χ1v) is 6.99. The lowest BCUT2D eigenvalue weighted by Gasteiger charge is -1.98. The summed E-state index contributed by atoms with van der Waals surface area (Å²) in [5, 5.41) is 4.32. The van der Waals surface area contributed by atoms with Gasteiger partial charge < -0.3 is 10.7 Å². The molecule has 3 aromatic rings. The number of fused-ring (bicyclic) bond motifs is 1. The lowest BCUT2D eigenvalue weighted by molar-refractivity contribution is 0.102. The summed E-state index contributed by atoms with van der Waals surface area (Å²) in [4.78, 5) is 20.6. The molecule has 0 fully saturated rings. The van der Waals surface area contributed by atoms with Crippen LogP contribution in [0.3, 0.4) is 0 Å². The zero-order valence-corrected chi connectivity index (χ0v) is 12.0. The maximum atomic E-state index is 12.2. The van der Waals surface area contributed by atoms with Gasteiger partial charge in [-0.2, -0.15) is 0 Å². The summed E-state index contributed by atoms with van der Waals surface area (Å²) in [6.07, 6.45) is 0. The zero-order chi connectivity index (χ0) is 14.3. The monoisotopic (exact) mass is 286 g/mol. The molecule has 0 spiro atoms. The first-order valence-electron chi connectivity index (χ1n) is 6.17. The molecule has 20 heavy (non-hydrogen) atoms. The highest BCUT2D eigenvalue weighted by atomic mass is 32.1. The molecule has 2 heterocycles. The lowest BCUT2D eigenvalue weighted by atomic mass is 10.2. The van der Waals surface area contributed by atoms with Crippen LogP contribution >= 0.6 is 11.3 Å². The number of amides is 1. The van der Waals surface area contributed by atoms with Gasteiger partial charge in [0.1, 0.15) is 5.69 Å². The number of anilines is 2. The second-order valence-corrected chi connectivity index (χ2v) is 5.81. The summed E-state index contributed by atoms with van der Waals surface area (Å²) in [5.41, 5.74) is 8.69. The molecule has 0 saturated heterocycles. The van der Waals surface area contributed by atoms with E-state index in [1.807, 2.05) is 26.0 Å². The van der Waals surface area contributed by atoms with E-state index < -0.39 is 0 Å². The van der Waals surface area contributed by atoms with Gasteiger partial charge in [0.2, 0.25) is 0 Å². The number of aromatic amines is 1. The van der Waals surface area contributed by atoms with Crippen LogP contribution in [0.15, 0.2) is 24.3 Å².